The fourth-order valence-corrected chi connectivity index (χ4v) is 3.10. The van der Waals surface area contributed by atoms with Crippen molar-refractivity contribution in [2.45, 2.75) is 13.0 Å². The van der Waals surface area contributed by atoms with Crippen LogP contribution in [0, 0.1) is 0 Å². The van der Waals surface area contributed by atoms with Crippen LogP contribution in [-0.2, 0) is 9.53 Å². The molecule has 6 nitrogen and oxygen atoms in total. The maximum Gasteiger partial charge on any atom is 0.334 e. The van der Waals surface area contributed by atoms with E-state index in [4.69, 9.17) is 14.6 Å². The van der Waals surface area contributed by atoms with Crippen LogP contribution in [0.25, 0.3) is 10.4 Å². The van der Waals surface area contributed by atoms with Gasteiger partial charge in [0.05, 0.1) is 13.2 Å². The first-order valence-electron chi connectivity index (χ1n) is 7.42. The number of benzene rings is 1. The van der Waals surface area contributed by atoms with Gasteiger partial charge in [0.15, 0.2) is 6.10 Å². The van der Waals surface area contributed by atoms with Crippen molar-refractivity contribution < 1.29 is 24.2 Å². The average Bonchev–Trinajstić information content (AvgIpc) is 3.00. The van der Waals surface area contributed by atoms with E-state index in [1.807, 2.05) is 43.3 Å². The van der Waals surface area contributed by atoms with Crippen molar-refractivity contribution in [3.05, 3.63) is 41.3 Å². The monoisotopic (exact) mass is 349 g/mol. The number of nitrogens with one attached hydrogen (secondary N) is 1. The van der Waals surface area contributed by atoms with E-state index in [9.17, 15) is 9.59 Å². The van der Waals surface area contributed by atoms with Crippen LogP contribution in [-0.4, -0.2) is 43.3 Å². The molecule has 0 fully saturated rings. The quantitative estimate of drug-likeness (QED) is 0.765. The summed E-state index contributed by atoms with van der Waals surface area (Å²) in [5, 5.41) is 11.5. The smallest absolute Gasteiger partial charge is 0.334 e. The second kappa shape index (κ2) is 8.47. The number of hydrogen-bond acceptors (Lipinski definition) is 5. The molecule has 2 aromatic rings. The van der Waals surface area contributed by atoms with Crippen molar-refractivity contribution in [3.8, 4) is 16.2 Å². The number of rotatable bonds is 8. The third-order valence-corrected chi connectivity index (χ3v) is 4.43. The Balaban J connectivity index is 2.20. The molecule has 7 heteroatoms. The van der Waals surface area contributed by atoms with Crippen LogP contribution in [0.5, 0.6) is 5.75 Å². The zero-order chi connectivity index (χ0) is 17.5. The van der Waals surface area contributed by atoms with Crippen LogP contribution in [0.1, 0.15) is 16.6 Å². The van der Waals surface area contributed by atoms with E-state index in [1.165, 1.54) is 18.4 Å². The number of thiophene rings is 1. The van der Waals surface area contributed by atoms with E-state index in [0.29, 0.717) is 17.2 Å². The Morgan fingerprint density at radius 2 is 2.00 bits per heavy atom. The predicted molar refractivity (Wildman–Crippen MR) is 91.7 cm³/mol. The molecule has 0 aliphatic heterocycles. The zero-order valence-corrected chi connectivity index (χ0v) is 14.3. The molecular formula is C17H19NO5S. The Labute approximate surface area is 144 Å². The SMILES string of the molecule is CCOc1cc(-c2ccccc2)sc1C(=O)NCC(OC)C(=O)O. The zero-order valence-electron chi connectivity index (χ0n) is 13.4. The number of methoxy groups -OCH3 is 1. The summed E-state index contributed by atoms with van der Waals surface area (Å²) in [4.78, 5) is 24.7. The number of carboxylic acids is 1. The molecule has 0 saturated heterocycles. The molecule has 0 spiro atoms. The van der Waals surface area contributed by atoms with E-state index in [2.05, 4.69) is 5.32 Å². The maximum absolute atomic E-state index is 12.4. The molecule has 1 heterocycles. The minimum Gasteiger partial charge on any atom is -0.492 e. The van der Waals surface area contributed by atoms with Crippen LogP contribution < -0.4 is 10.1 Å². The molecule has 1 aromatic heterocycles. The Morgan fingerprint density at radius 1 is 1.29 bits per heavy atom. The van der Waals surface area contributed by atoms with E-state index in [1.54, 1.807) is 0 Å². The summed E-state index contributed by atoms with van der Waals surface area (Å²) >= 11 is 1.30. The molecule has 2 N–H and O–H groups in total. The van der Waals surface area contributed by atoms with Crippen LogP contribution in [0.15, 0.2) is 36.4 Å². The summed E-state index contributed by atoms with van der Waals surface area (Å²) in [5.74, 6) is -1.02. The van der Waals surface area contributed by atoms with Crippen LogP contribution in [0.3, 0.4) is 0 Å². The number of carbonyl (C=O) groups excluding carboxylic acids is 1. The summed E-state index contributed by atoms with van der Waals surface area (Å²) in [5.41, 5.74) is 0.989. The molecule has 1 amide bonds. The minimum atomic E-state index is -1.13. The first-order chi connectivity index (χ1) is 11.6. The summed E-state index contributed by atoms with van der Waals surface area (Å²) in [6.07, 6.45) is -1.09. The molecular weight excluding hydrogens is 330 g/mol. The van der Waals surface area contributed by atoms with Gasteiger partial charge >= 0.3 is 5.97 Å². The van der Waals surface area contributed by atoms with Crippen molar-refractivity contribution >= 4 is 23.2 Å². The highest BCUT2D eigenvalue weighted by molar-refractivity contribution is 7.17. The lowest BCUT2D eigenvalue weighted by atomic mass is 10.2. The third kappa shape index (κ3) is 4.33. The molecule has 1 unspecified atom stereocenters. The van der Waals surface area contributed by atoms with Gasteiger partial charge in [0, 0.05) is 12.0 Å². The Morgan fingerprint density at radius 3 is 2.58 bits per heavy atom. The summed E-state index contributed by atoms with van der Waals surface area (Å²) in [6.45, 7) is 2.16. The lowest BCUT2D eigenvalue weighted by molar-refractivity contribution is -0.148. The normalized spacial score (nSPS) is 11.8. The highest BCUT2D eigenvalue weighted by atomic mass is 32.1. The van der Waals surface area contributed by atoms with Crippen molar-refractivity contribution in [1.29, 1.82) is 0 Å². The molecule has 0 bridgehead atoms. The average molecular weight is 349 g/mol. The molecule has 0 saturated carbocycles. The van der Waals surface area contributed by atoms with Gasteiger partial charge in [-0.2, -0.15) is 0 Å². The van der Waals surface area contributed by atoms with Crippen LogP contribution in [0.2, 0.25) is 0 Å². The number of aliphatic carboxylic acids is 1. The van der Waals surface area contributed by atoms with E-state index in [0.717, 1.165) is 10.4 Å². The second-order valence-electron chi connectivity index (χ2n) is 4.88. The summed E-state index contributed by atoms with van der Waals surface area (Å²) < 4.78 is 10.4. The molecule has 2 rings (SSSR count). The van der Waals surface area contributed by atoms with E-state index < -0.39 is 12.1 Å². The number of carboxylic acid groups (broad SMARTS) is 1. The summed E-state index contributed by atoms with van der Waals surface area (Å²) in [7, 11) is 1.29. The first-order valence-corrected chi connectivity index (χ1v) is 8.24. The lowest BCUT2D eigenvalue weighted by Gasteiger charge is -2.11. The Hall–Kier alpha value is -2.38. The van der Waals surface area contributed by atoms with E-state index >= 15 is 0 Å². The third-order valence-electron chi connectivity index (χ3n) is 3.27. The van der Waals surface area contributed by atoms with E-state index in [-0.39, 0.29) is 12.5 Å². The largest absolute Gasteiger partial charge is 0.492 e. The first kappa shape index (κ1) is 18.0. The van der Waals surface area contributed by atoms with Gasteiger partial charge in [0.1, 0.15) is 10.6 Å². The van der Waals surface area contributed by atoms with Gasteiger partial charge in [-0.1, -0.05) is 30.3 Å². The van der Waals surface area contributed by atoms with Crippen LogP contribution in [0.4, 0.5) is 0 Å². The maximum atomic E-state index is 12.4. The molecule has 1 atom stereocenters. The highest BCUT2D eigenvalue weighted by Gasteiger charge is 2.21. The van der Waals surface area contributed by atoms with Gasteiger partial charge in [0.25, 0.3) is 5.91 Å². The minimum absolute atomic E-state index is 0.116. The molecule has 1 aromatic carbocycles. The fraction of sp³-hybridized carbons (Fsp3) is 0.294. The van der Waals surface area contributed by atoms with Crippen LogP contribution >= 0.6 is 11.3 Å². The molecule has 24 heavy (non-hydrogen) atoms. The van der Waals surface area contributed by atoms with Gasteiger partial charge in [-0.3, -0.25) is 4.79 Å². The predicted octanol–water partition coefficient (Wildman–Crippen LogP) is 2.64. The van der Waals surface area contributed by atoms with Gasteiger partial charge in [-0.15, -0.1) is 11.3 Å². The molecule has 0 aliphatic rings. The number of ether oxygens (including phenoxy) is 2. The van der Waals surface area contributed by atoms with Crippen molar-refractivity contribution in [1.82, 2.24) is 5.32 Å². The second-order valence-corrected chi connectivity index (χ2v) is 5.93. The van der Waals surface area contributed by atoms with Crippen molar-refractivity contribution in [3.63, 3.8) is 0 Å². The Bertz CT molecular complexity index is 698. The molecule has 128 valence electrons. The number of hydrogen-bond donors (Lipinski definition) is 2. The summed E-state index contributed by atoms with van der Waals surface area (Å²) in [6, 6.07) is 11.5. The van der Waals surface area contributed by atoms with Crippen molar-refractivity contribution in [2.75, 3.05) is 20.3 Å². The number of amides is 1. The molecule has 0 aliphatic carbocycles. The molecule has 0 radical (unpaired) electrons. The Kier molecular flexibility index (Phi) is 6.34. The van der Waals surface area contributed by atoms with Gasteiger partial charge in [-0.25, -0.2) is 4.79 Å². The lowest BCUT2D eigenvalue weighted by Crippen LogP contribution is -2.37. The van der Waals surface area contributed by atoms with Gasteiger partial charge in [0.2, 0.25) is 0 Å². The van der Waals surface area contributed by atoms with Crippen molar-refractivity contribution in [2.24, 2.45) is 0 Å². The fourth-order valence-electron chi connectivity index (χ4n) is 2.08. The van der Waals surface area contributed by atoms with Gasteiger partial charge in [-0.05, 0) is 18.6 Å². The highest BCUT2D eigenvalue weighted by Crippen LogP contribution is 2.36. The topological polar surface area (TPSA) is 84.9 Å². The number of carbonyl (C=O) groups is 2. The van der Waals surface area contributed by atoms with Gasteiger partial charge < -0.3 is 19.9 Å². The standard InChI is InChI=1S/C17H19NO5S/c1-3-23-12-9-14(11-7-5-4-6-8-11)24-15(12)16(19)18-10-13(22-2)17(20)21/h4-9,13H,3,10H2,1-2H3,(H,18,19)(H,20,21).